The molecule has 5 N–H and O–H groups in total. The summed E-state index contributed by atoms with van der Waals surface area (Å²) in [5, 5.41) is 4.26. The van der Waals surface area contributed by atoms with E-state index >= 15 is 0 Å². The lowest BCUT2D eigenvalue weighted by Gasteiger charge is -2.27. The molecule has 0 saturated heterocycles. The zero-order valence-electron chi connectivity index (χ0n) is 14.8. The maximum Gasteiger partial charge on any atom is 0.135 e. The Morgan fingerprint density at radius 2 is 1.92 bits per heavy atom. The van der Waals surface area contributed by atoms with Gasteiger partial charge in [0.25, 0.3) is 0 Å². The quantitative estimate of drug-likeness (QED) is 0.466. The minimum absolute atomic E-state index is 0.0489. The van der Waals surface area contributed by atoms with Crippen molar-refractivity contribution in [3.05, 3.63) is 57.6 Å². The summed E-state index contributed by atoms with van der Waals surface area (Å²) < 4.78 is 5.62. The van der Waals surface area contributed by atoms with Gasteiger partial charge in [-0.3, -0.25) is 4.79 Å². The van der Waals surface area contributed by atoms with Crippen molar-refractivity contribution in [2.24, 2.45) is 5.73 Å². The SMILES string of the molecule is COC(Nc1ccc(N)c(CC(C)=O)c1)C(CN)c1ccc(Cl)c(Cl)c1. The van der Waals surface area contributed by atoms with Crippen LogP contribution in [0.2, 0.25) is 10.0 Å². The van der Waals surface area contributed by atoms with Gasteiger partial charge in [-0.25, -0.2) is 0 Å². The third kappa shape index (κ3) is 5.11. The Labute approximate surface area is 163 Å². The van der Waals surface area contributed by atoms with Gasteiger partial charge >= 0.3 is 0 Å². The minimum Gasteiger partial charge on any atom is -0.398 e. The number of nitrogen functional groups attached to an aromatic ring is 1. The predicted molar refractivity (Wildman–Crippen MR) is 108 cm³/mol. The highest BCUT2D eigenvalue weighted by Gasteiger charge is 2.23. The number of hydrogen-bond acceptors (Lipinski definition) is 5. The number of methoxy groups -OCH3 is 1. The molecule has 140 valence electrons. The molecule has 2 rings (SSSR count). The van der Waals surface area contributed by atoms with Crippen LogP contribution in [-0.4, -0.2) is 25.7 Å². The largest absolute Gasteiger partial charge is 0.398 e. The minimum atomic E-state index is -0.397. The molecular weight excluding hydrogens is 373 g/mol. The van der Waals surface area contributed by atoms with E-state index in [4.69, 9.17) is 39.4 Å². The first kappa shape index (κ1) is 20.5. The Balaban J connectivity index is 2.26. The molecule has 0 fully saturated rings. The molecule has 7 heteroatoms. The van der Waals surface area contributed by atoms with Gasteiger partial charge in [-0.05, 0) is 48.4 Å². The summed E-state index contributed by atoms with van der Waals surface area (Å²) in [7, 11) is 1.60. The summed E-state index contributed by atoms with van der Waals surface area (Å²) in [6, 6.07) is 10.9. The average molecular weight is 396 g/mol. The number of nitrogens with one attached hydrogen (secondary N) is 1. The number of rotatable bonds is 8. The second-order valence-electron chi connectivity index (χ2n) is 6.11. The number of carbonyl (C=O) groups is 1. The highest BCUT2D eigenvalue weighted by atomic mass is 35.5. The van der Waals surface area contributed by atoms with E-state index in [0.29, 0.717) is 22.3 Å². The Bertz CT molecular complexity index is 783. The number of hydrogen-bond donors (Lipinski definition) is 3. The molecule has 0 aliphatic rings. The summed E-state index contributed by atoms with van der Waals surface area (Å²) >= 11 is 12.1. The van der Waals surface area contributed by atoms with Crippen LogP contribution in [-0.2, 0) is 16.0 Å². The molecule has 0 aliphatic heterocycles. The molecule has 5 nitrogen and oxygen atoms in total. The molecule has 0 aromatic heterocycles. The third-order valence-electron chi connectivity index (χ3n) is 4.14. The zero-order chi connectivity index (χ0) is 19.3. The van der Waals surface area contributed by atoms with Gasteiger partial charge in [-0.2, -0.15) is 0 Å². The van der Waals surface area contributed by atoms with Crippen LogP contribution < -0.4 is 16.8 Å². The highest BCUT2D eigenvalue weighted by Crippen LogP contribution is 2.29. The van der Waals surface area contributed by atoms with Crippen LogP contribution in [0.3, 0.4) is 0 Å². The summed E-state index contributed by atoms with van der Waals surface area (Å²) in [5.74, 6) is -0.101. The van der Waals surface area contributed by atoms with Gasteiger partial charge in [0.15, 0.2) is 0 Å². The number of benzene rings is 2. The van der Waals surface area contributed by atoms with E-state index in [2.05, 4.69) is 5.32 Å². The Morgan fingerprint density at radius 3 is 2.50 bits per heavy atom. The van der Waals surface area contributed by atoms with E-state index in [9.17, 15) is 4.79 Å². The van der Waals surface area contributed by atoms with Crippen LogP contribution in [0.1, 0.15) is 24.0 Å². The van der Waals surface area contributed by atoms with Gasteiger partial charge in [0.05, 0.1) is 10.0 Å². The number of Topliss-reactive ketones (excluding diaryl/α,β-unsaturated/α-hetero) is 1. The molecule has 0 aliphatic carbocycles. The molecule has 2 unspecified atom stereocenters. The average Bonchev–Trinajstić information content (AvgIpc) is 2.60. The number of ketones is 1. The number of halogens is 2. The van der Waals surface area contributed by atoms with Crippen molar-refractivity contribution >= 4 is 40.4 Å². The molecule has 0 amide bonds. The Morgan fingerprint density at radius 1 is 1.19 bits per heavy atom. The maximum atomic E-state index is 11.4. The third-order valence-corrected chi connectivity index (χ3v) is 4.88. The highest BCUT2D eigenvalue weighted by molar-refractivity contribution is 6.42. The molecule has 2 aromatic carbocycles. The molecule has 2 aromatic rings. The van der Waals surface area contributed by atoms with Crippen LogP contribution in [0.15, 0.2) is 36.4 Å². The van der Waals surface area contributed by atoms with Crippen molar-refractivity contribution in [2.75, 3.05) is 24.7 Å². The summed E-state index contributed by atoms with van der Waals surface area (Å²) in [5.41, 5.74) is 15.0. The first-order valence-electron chi connectivity index (χ1n) is 8.18. The Hall–Kier alpha value is -1.79. The topological polar surface area (TPSA) is 90.4 Å². The first-order valence-corrected chi connectivity index (χ1v) is 8.93. The molecule has 2 atom stereocenters. The van der Waals surface area contributed by atoms with Crippen LogP contribution in [0.5, 0.6) is 0 Å². The lowest BCUT2D eigenvalue weighted by molar-refractivity contribution is -0.116. The second-order valence-corrected chi connectivity index (χ2v) is 6.92. The first-order chi connectivity index (χ1) is 12.3. The molecule has 0 spiro atoms. The monoisotopic (exact) mass is 395 g/mol. The standard InChI is InChI=1S/C19H23Cl2N3O2/c1-11(25)7-13-8-14(4-6-18(13)23)24-19(26-2)15(10-22)12-3-5-16(20)17(21)9-12/h3-6,8-9,15,19,24H,7,10,22-23H2,1-2H3. The smallest absolute Gasteiger partial charge is 0.135 e. The number of anilines is 2. The van der Waals surface area contributed by atoms with Crippen molar-refractivity contribution in [1.29, 1.82) is 0 Å². The number of ether oxygens (including phenoxy) is 1. The van der Waals surface area contributed by atoms with E-state index in [1.165, 1.54) is 6.92 Å². The van der Waals surface area contributed by atoms with Crippen molar-refractivity contribution in [1.82, 2.24) is 0 Å². The van der Waals surface area contributed by atoms with Gasteiger partial charge < -0.3 is 21.5 Å². The number of carbonyl (C=O) groups excluding carboxylic acids is 1. The maximum absolute atomic E-state index is 11.4. The van der Waals surface area contributed by atoms with E-state index in [1.807, 2.05) is 18.2 Å². The Kier molecular flexibility index (Phi) is 7.29. The van der Waals surface area contributed by atoms with Gasteiger partial charge in [-0.1, -0.05) is 29.3 Å². The van der Waals surface area contributed by atoms with Crippen LogP contribution >= 0.6 is 23.2 Å². The van der Waals surface area contributed by atoms with Gasteiger partial charge in [0.1, 0.15) is 12.0 Å². The zero-order valence-corrected chi connectivity index (χ0v) is 16.3. The summed E-state index contributed by atoms with van der Waals surface area (Å²) in [6.07, 6.45) is -0.113. The van der Waals surface area contributed by atoms with Crippen LogP contribution in [0.25, 0.3) is 0 Å². The van der Waals surface area contributed by atoms with Gasteiger partial charge in [0.2, 0.25) is 0 Å². The van der Waals surface area contributed by atoms with Gasteiger partial charge in [-0.15, -0.1) is 0 Å². The lowest BCUT2D eigenvalue weighted by atomic mass is 9.97. The fraction of sp³-hybridized carbons (Fsp3) is 0.316. The molecule has 0 radical (unpaired) electrons. The normalized spacial score (nSPS) is 13.3. The van der Waals surface area contributed by atoms with Crippen molar-refractivity contribution in [3.8, 4) is 0 Å². The van der Waals surface area contributed by atoms with E-state index in [-0.39, 0.29) is 18.1 Å². The van der Waals surface area contributed by atoms with Crippen molar-refractivity contribution < 1.29 is 9.53 Å². The van der Waals surface area contributed by atoms with Crippen LogP contribution in [0.4, 0.5) is 11.4 Å². The molecular formula is C19H23Cl2N3O2. The lowest BCUT2D eigenvalue weighted by Crippen LogP contribution is -2.34. The van der Waals surface area contributed by atoms with E-state index in [0.717, 1.165) is 16.8 Å². The van der Waals surface area contributed by atoms with Crippen molar-refractivity contribution in [2.45, 2.75) is 25.5 Å². The van der Waals surface area contributed by atoms with E-state index < -0.39 is 6.23 Å². The summed E-state index contributed by atoms with van der Waals surface area (Å²) in [4.78, 5) is 11.4. The fourth-order valence-corrected chi connectivity index (χ4v) is 3.09. The fourth-order valence-electron chi connectivity index (χ4n) is 2.78. The molecule has 0 bridgehead atoms. The number of nitrogens with two attached hydrogens (primary N) is 2. The molecule has 26 heavy (non-hydrogen) atoms. The van der Waals surface area contributed by atoms with Gasteiger partial charge in [0, 0.05) is 37.4 Å². The second kappa shape index (κ2) is 9.24. The van der Waals surface area contributed by atoms with Crippen molar-refractivity contribution in [3.63, 3.8) is 0 Å². The van der Waals surface area contributed by atoms with E-state index in [1.54, 1.807) is 25.3 Å². The molecule has 0 heterocycles. The molecule has 0 saturated carbocycles. The predicted octanol–water partition coefficient (Wildman–Crippen LogP) is 3.83. The summed E-state index contributed by atoms with van der Waals surface area (Å²) in [6.45, 7) is 1.88. The van der Waals surface area contributed by atoms with Crippen LogP contribution in [0, 0.1) is 0 Å².